The number of hydrogen-bond acceptors (Lipinski definition) is 3. The minimum absolute atomic E-state index is 0.00623. The molecular formula is C13H16BrNO2S. The number of thiol groups is 1. The maximum atomic E-state index is 12.4. The van der Waals surface area contributed by atoms with Gasteiger partial charge in [0, 0.05) is 22.5 Å². The van der Waals surface area contributed by atoms with E-state index in [9.17, 15) is 9.90 Å². The zero-order valence-electron chi connectivity index (χ0n) is 10.2. The van der Waals surface area contributed by atoms with Gasteiger partial charge in [-0.3, -0.25) is 4.79 Å². The van der Waals surface area contributed by atoms with Crippen LogP contribution in [0.4, 0.5) is 0 Å². The summed E-state index contributed by atoms with van der Waals surface area (Å²) in [5, 5.41) is 9.88. The number of halogens is 1. The summed E-state index contributed by atoms with van der Waals surface area (Å²) in [6.07, 6.45) is 1.24. The molecule has 0 aromatic heterocycles. The third kappa shape index (κ3) is 3.08. The molecule has 0 bridgehead atoms. The van der Waals surface area contributed by atoms with Crippen LogP contribution in [0.3, 0.4) is 0 Å². The molecule has 1 fully saturated rings. The highest BCUT2D eigenvalue weighted by Gasteiger charge is 2.30. The van der Waals surface area contributed by atoms with Crippen molar-refractivity contribution in [1.82, 2.24) is 4.90 Å². The Morgan fingerprint density at radius 1 is 1.44 bits per heavy atom. The van der Waals surface area contributed by atoms with E-state index in [2.05, 4.69) is 28.6 Å². The number of carbonyl (C=O) groups excluding carboxylic acids is 1. The van der Waals surface area contributed by atoms with Crippen molar-refractivity contribution in [3.05, 3.63) is 28.2 Å². The third-order valence-electron chi connectivity index (χ3n) is 3.31. The molecule has 1 heterocycles. The molecule has 1 aromatic rings. The number of amides is 1. The number of hydrogen-bond donors (Lipinski definition) is 2. The maximum absolute atomic E-state index is 12.4. The molecule has 1 aromatic carbocycles. The van der Waals surface area contributed by atoms with Gasteiger partial charge in [-0.05, 0) is 53.9 Å². The summed E-state index contributed by atoms with van der Waals surface area (Å²) in [7, 11) is 0. The van der Waals surface area contributed by atoms with Crippen molar-refractivity contribution >= 4 is 34.5 Å². The maximum Gasteiger partial charge on any atom is 0.255 e. The van der Waals surface area contributed by atoms with Crippen molar-refractivity contribution in [1.29, 1.82) is 0 Å². The predicted octanol–water partition coefficient (Wildman–Crippen LogP) is 2.72. The highest BCUT2D eigenvalue weighted by atomic mass is 79.9. The van der Waals surface area contributed by atoms with Crippen LogP contribution < -0.4 is 0 Å². The van der Waals surface area contributed by atoms with Gasteiger partial charge < -0.3 is 10.0 Å². The predicted molar refractivity (Wildman–Crippen MR) is 77.2 cm³/mol. The van der Waals surface area contributed by atoms with Gasteiger partial charge in [-0.2, -0.15) is 0 Å². The van der Waals surface area contributed by atoms with Crippen LogP contribution in [-0.4, -0.2) is 34.6 Å². The van der Waals surface area contributed by atoms with Crippen molar-refractivity contribution in [2.75, 3.05) is 13.1 Å². The minimum atomic E-state index is -0.639. The average Bonchev–Trinajstić information content (AvgIpc) is 2.31. The lowest BCUT2D eigenvalue weighted by molar-refractivity contribution is -0.00205. The SMILES string of the molecule is CC1(O)CCN(C(=O)c2cc(S)ccc2Br)CC1. The van der Waals surface area contributed by atoms with E-state index in [1.807, 2.05) is 19.1 Å². The number of rotatable bonds is 1. The normalized spacial score (nSPS) is 18.8. The van der Waals surface area contributed by atoms with Crippen LogP contribution in [0.15, 0.2) is 27.6 Å². The molecule has 1 saturated heterocycles. The van der Waals surface area contributed by atoms with E-state index in [-0.39, 0.29) is 5.91 Å². The van der Waals surface area contributed by atoms with Gasteiger partial charge in [0.15, 0.2) is 0 Å². The summed E-state index contributed by atoms with van der Waals surface area (Å²) in [6.45, 7) is 3.00. The summed E-state index contributed by atoms with van der Waals surface area (Å²) in [5.41, 5.74) is -0.0107. The quantitative estimate of drug-likeness (QED) is 0.778. The summed E-state index contributed by atoms with van der Waals surface area (Å²) in [6, 6.07) is 5.43. The van der Waals surface area contributed by atoms with E-state index < -0.39 is 5.60 Å². The zero-order valence-corrected chi connectivity index (χ0v) is 12.7. The molecule has 98 valence electrons. The van der Waals surface area contributed by atoms with Crippen LogP contribution in [0.5, 0.6) is 0 Å². The molecule has 1 aliphatic rings. The Labute approximate surface area is 121 Å². The fraction of sp³-hybridized carbons (Fsp3) is 0.462. The summed E-state index contributed by atoms with van der Waals surface area (Å²) in [4.78, 5) is 14.9. The van der Waals surface area contributed by atoms with E-state index in [0.717, 1.165) is 9.37 Å². The molecule has 0 spiro atoms. The van der Waals surface area contributed by atoms with Crippen LogP contribution in [0.25, 0.3) is 0 Å². The lowest BCUT2D eigenvalue weighted by Gasteiger charge is -2.36. The number of piperidine rings is 1. The first-order valence-electron chi connectivity index (χ1n) is 5.89. The molecule has 1 amide bonds. The smallest absolute Gasteiger partial charge is 0.255 e. The number of likely N-dealkylation sites (tertiary alicyclic amines) is 1. The first-order valence-corrected chi connectivity index (χ1v) is 7.13. The topological polar surface area (TPSA) is 40.5 Å². The molecule has 5 heteroatoms. The summed E-state index contributed by atoms with van der Waals surface area (Å²) >= 11 is 7.65. The highest BCUT2D eigenvalue weighted by Crippen LogP contribution is 2.26. The van der Waals surface area contributed by atoms with Gasteiger partial charge in [0.1, 0.15) is 0 Å². The van der Waals surface area contributed by atoms with Crippen molar-refractivity contribution in [3.63, 3.8) is 0 Å². The average molecular weight is 330 g/mol. The zero-order chi connectivity index (χ0) is 13.3. The number of carbonyl (C=O) groups is 1. The van der Waals surface area contributed by atoms with Crippen molar-refractivity contribution < 1.29 is 9.90 Å². The molecule has 0 unspecified atom stereocenters. The second kappa shape index (κ2) is 5.23. The molecule has 3 nitrogen and oxygen atoms in total. The van der Waals surface area contributed by atoms with Crippen molar-refractivity contribution in [2.24, 2.45) is 0 Å². The number of aliphatic hydroxyl groups is 1. The molecule has 1 aliphatic heterocycles. The fourth-order valence-corrected chi connectivity index (χ4v) is 2.66. The van der Waals surface area contributed by atoms with Gasteiger partial charge in [-0.1, -0.05) is 0 Å². The lowest BCUT2D eigenvalue weighted by atomic mass is 9.93. The monoisotopic (exact) mass is 329 g/mol. The third-order valence-corrected chi connectivity index (χ3v) is 4.28. The molecule has 1 N–H and O–H groups in total. The fourth-order valence-electron chi connectivity index (χ4n) is 2.04. The van der Waals surface area contributed by atoms with Crippen LogP contribution in [0, 0.1) is 0 Å². The number of benzene rings is 1. The Balaban J connectivity index is 2.15. The molecule has 0 radical (unpaired) electrons. The molecule has 2 rings (SSSR count). The van der Waals surface area contributed by atoms with Crippen molar-refractivity contribution in [3.8, 4) is 0 Å². The Morgan fingerprint density at radius 2 is 2.06 bits per heavy atom. The summed E-state index contributed by atoms with van der Waals surface area (Å²) in [5.74, 6) is -0.00623. The largest absolute Gasteiger partial charge is 0.390 e. The second-order valence-electron chi connectivity index (χ2n) is 4.95. The van der Waals surface area contributed by atoms with Crippen LogP contribution in [0.1, 0.15) is 30.1 Å². The van der Waals surface area contributed by atoms with Crippen LogP contribution in [-0.2, 0) is 0 Å². The van der Waals surface area contributed by atoms with Crippen LogP contribution >= 0.6 is 28.6 Å². The first-order chi connectivity index (χ1) is 8.39. The highest BCUT2D eigenvalue weighted by molar-refractivity contribution is 9.10. The molecular weight excluding hydrogens is 314 g/mol. The Morgan fingerprint density at radius 3 is 2.67 bits per heavy atom. The molecule has 18 heavy (non-hydrogen) atoms. The van der Waals surface area contributed by atoms with Gasteiger partial charge in [0.05, 0.1) is 11.2 Å². The van der Waals surface area contributed by atoms with Gasteiger partial charge in [-0.25, -0.2) is 0 Å². The summed E-state index contributed by atoms with van der Waals surface area (Å²) < 4.78 is 0.780. The number of nitrogens with zero attached hydrogens (tertiary/aromatic N) is 1. The van der Waals surface area contributed by atoms with Gasteiger partial charge in [0.25, 0.3) is 5.91 Å². The van der Waals surface area contributed by atoms with E-state index in [4.69, 9.17) is 0 Å². The van der Waals surface area contributed by atoms with E-state index in [0.29, 0.717) is 31.5 Å². The molecule has 0 saturated carbocycles. The van der Waals surface area contributed by atoms with E-state index in [1.54, 1.807) is 11.0 Å². The lowest BCUT2D eigenvalue weighted by Crippen LogP contribution is -2.45. The van der Waals surface area contributed by atoms with Crippen molar-refractivity contribution in [2.45, 2.75) is 30.3 Å². The van der Waals surface area contributed by atoms with E-state index in [1.165, 1.54) is 0 Å². The first kappa shape index (κ1) is 13.9. The van der Waals surface area contributed by atoms with Gasteiger partial charge in [0.2, 0.25) is 0 Å². The van der Waals surface area contributed by atoms with Gasteiger partial charge >= 0.3 is 0 Å². The van der Waals surface area contributed by atoms with Gasteiger partial charge in [-0.15, -0.1) is 12.6 Å². The standard InChI is InChI=1S/C13H16BrNO2S/c1-13(17)4-6-15(7-5-13)12(16)10-8-9(18)2-3-11(10)14/h2-3,8,17-18H,4-7H2,1H3. The van der Waals surface area contributed by atoms with Crippen LogP contribution in [0.2, 0.25) is 0 Å². The van der Waals surface area contributed by atoms with E-state index >= 15 is 0 Å². The minimum Gasteiger partial charge on any atom is -0.390 e. The second-order valence-corrected chi connectivity index (χ2v) is 6.32. The Bertz CT molecular complexity index is 466. The molecule has 0 atom stereocenters. The Kier molecular flexibility index (Phi) is 4.04. The molecule has 0 aliphatic carbocycles. The Hall–Kier alpha value is -0.520.